The van der Waals surface area contributed by atoms with Crippen molar-refractivity contribution in [1.82, 2.24) is 10.3 Å². The van der Waals surface area contributed by atoms with Crippen molar-refractivity contribution in [2.45, 2.75) is 19.9 Å². The number of pyridine rings is 1. The Morgan fingerprint density at radius 2 is 1.66 bits per heavy atom. The second kappa shape index (κ2) is 10.0. The van der Waals surface area contributed by atoms with E-state index in [1.54, 1.807) is 43.8 Å². The number of aromatic nitrogens is 1. The number of carbonyl (C=O) groups excluding carboxylic acids is 1. The van der Waals surface area contributed by atoms with Gasteiger partial charge in [-0.05, 0) is 66.1 Å². The minimum atomic E-state index is -0.251. The minimum Gasteiger partial charge on any atom is -0.497 e. The summed E-state index contributed by atoms with van der Waals surface area (Å²) >= 11 is 0. The zero-order valence-corrected chi connectivity index (χ0v) is 16.6. The van der Waals surface area contributed by atoms with Crippen LogP contribution >= 0.6 is 0 Å². The fourth-order valence-corrected chi connectivity index (χ4v) is 2.65. The van der Waals surface area contributed by atoms with Crippen LogP contribution in [0.15, 0.2) is 78.0 Å². The molecule has 0 spiro atoms. The van der Waals surface area contributed by atoms with Crippen molar-refractivity contribution in [2.75, 3.05) is 12.4 Å². The molecule has 0 bridgehead atoms. The van der Waals surface area contributed by atoms with E-state index in [-0.39, 0.29) is 5.91 Å². The zero-order chi connectivity index (χ0) is 20.5. The number of amides is 1. The van der Waals surface area contributed by atoms with Crippen molar-refractivity contribution in [1.29, 1.82) is 0 Å². The number of ether oxygens (including phenoxy) is 1. The molecule has 2 aromatic carbocycles. The van der Waals surface area contributed by atoms with Gasteiger partial charge < -0.3 is 10.1 Å². The summed E-state index contributed by atoms with van der Waals surface area (Å²) in [6.07, 6.45) is 4.41. The third-order valence-corrected chi connectivity index (χ3v) is 4.38. The molecule has 3 aromatic rings. The smallest absolute Gasteiger partial charge is 0.257 e. The predicted molar refractivity (Wildman–Crippen MR) is 115 cm³/mol. The Balaban J connectivity index is 1.77. The lowest BCUT2D eigenvalue weighted by Gasteiger charge is -2.12. The summed E-state index contributed by atoms with van der Waals surface area (Å²) in [5.74, 6) is 0.827. The molecule has 29 heavy (non-hydrogen) atoms. The van der Waals surface area contributed by atoms with E-state index in [0.717, 1.165) is 17.7 Å². The number of aryl methyl sites for hydroxylation is 1. The van der Waals surface area contributed by atoms with Gasteiger partial charge in [-0.1, -0.05) is 19.1 Å². The van der Waals surface area contributed by atoms with Crippen LogP contribution in [0.2, 0.25) is 0 Å². The number of hydrogen-bond acceptors (Lipinski definition) is 4. The van der Waals surface area contributed by atoms with Crippen LogP contribution in [0.1, 0.15) is 28.4 Å². The normalized spacial score (nSPS) is 11.0. The molecule has 3 rings (SSSR count). The highest BCUT2D eigenvalue weighted by Gasteiger charge is 2.10. The highest BCUT2D eigenvalue weighted by Crippen LogP contribution is 2.12. The van der Waals surface area contributed by atoms with Crippen LogP contribution in [0, 0.1) is 0 Å². The summed E-state index contributed by atoms with van der Waals surface area (Å²) < 4.78 is 5.14. The van der Waals surface area contributed by atoms with Gasteiger partial charge in [-0.3, -0.25) is 15.1 Å². The van der Waals surface area contributed by atoms with Gasteiger partial charge in [0.25, 0.3) is 5.91 Å². The fraction of sp³-hybridized carbons (Fsp3) is 0.174. The molecule has 148 valence electrons. The van der Waals surface area contributed by atoms with Gasteiger partial charge in [0.05, 0.1) is 13.7 Å². The zero-order valence-electron chi connectivity index (χ0n) is 16.6. The molecule has 1 aromatic heterocycles. The Morgan fingerprint density at radius 3 is 2.28 bits per heavy atom. The van der Waals surface area contributed by atoms with Crippen molar-refractivity contribution in [3.8, 4) is 5.75 Å². The van der Waals surface area contributed by atoms with Crippen LogP contribution in [0.25, 0.3) is 0 Å². The highest BCUT2D eigenvalue weighted by atomic mass is 16.5. The Morgan fingerprint density at radius 1 is 0.966 bits per heavy atom. The molecule has 0 aliphatic rings. The van der Waals surface area contributed by atoms with Crippen molar-refractivity contribution in [2.24, 2.45) is 4.99 Å². The number of aliphatic imine (C=N–C) groups is 1. The van der Waals surface area contributed by atoms with Gasteiger partial charge in [-0.2, -0.15) is 0 Å². The van der Waals surface area contributed by atoms with Crippen molar-refractivity contribution in [3.05, 3.63) is 89.7 Å². The lowest BCUT2D eigenvalue weighted by Crippen LogP contribution is -2.36. The molecule has 0 saturated heterocycles. The van der Waals surface area contributed by atoms with E-state index >= 15 is 0 Å². The van der Waals surface area contributed by atoms with Crippen molar-refractivity contribution in [3.63, 3.8) is 0 Å². The molecule has 0 radical (unpaired) electrons. The molecule has 1 heterocycles. The van der Waals surface area contributed by atoms with Gasteiger partial charge in [0.1, 0.15) is 5.75 Å². The van der Waals surface area contributed by atoms with Gasteiger partial charge in [0, 0.05) is 23.6 Å². The van der Waals surface area contributed by atoms with Crippen LogP contribution in [-0.4, -0.2) is 24.0 Å². The molecule has 6 nitrogen and oxygen atoms in total. The van der Waals surface area contributed by atoms with E-state index in [4.69, 9.17) is 4.74 Å². The van der Waals surface area contributed by atoms with E-state index in [1.807, 2.05) is 36.4 Å². The highest BCUT2D eigenvalue weighted by molar-refractivity contribution is 6.10. The maximum atomic E-state index is 12.7. The first-order valence-electron chi connectivity index (χ1n) is 9.42. The molecule has 0 fully saturated rings. The summed E-state index contributed by atoms with van der Waals surface area (Å²) in [5.41, 5.74) is 3.61. The SMILES string of the molecule is CCc1ccc(NC(=NCc2ccncc2)NC(=O)c2ccc(OC)cc2)cc1. The molecule has 0 unspecified atom stereocenters. The Bertz CT molecular complexity index is 952. The average molecular weight is 388 g/mol. The number of nitrogens with one attached hydrogen (secondary N) is 2. The Hall–Kier alpha value is -3.67. The molecule has 2 N–H and O–H groups in total. The topological polar surface area (TPSA) is 75.6 Å². The van der Waals surface area contributed by atoms with Gasteiger partial charge in [0.2, 0.25) is 5.96 Å². The number of anilines is 1. The number of guanidine groups is 1. The lowest BCUT2D eigenvalue weighted by atomic mass is 10.1. The first kappa shape index (κ1) is 20.1. The standard InChI is InChI=1S/C23H24N4O2/c1-3-17-4-8-20(9-5-17)26-23(25-16-18-12-14-24-15-13-18)27-22(28)19-6-10-21(29-2)11-7-19/h4-15H,3,16H2,1-2H3,(H2,25,26,27,28). The van der Waals surface area contributed by atoms with Crippen molar-refractivity contribution >= 4 is 17.6 Å². The summed E-state index contributed by atoms with van der Waals surface area (Å²) in [6, 6.07) is 18.8. The summed E-state index contributed by atoms with van der Waals surface area (Å²) in [6.45, 7) is 2.53. The van der Waals surface area contributed by atoms with E-state index in [9.17, 15) is 4.79 Å². The Labute approximate surface area is 170 Å². The maximum Gasteiger partial charge on any atom is 0.257 e. The summed E-state index contributed by atoms with van der Waals surface area (Å²) in [7, 11) is 1.59. The quantitative estimate of drug-likeness (QED) is 0.493. The minimum absolute atomic E-state index is 0.251. The van der Waals surface area contributed by atoms with Crippen LogP contribution in [-0.2, 0) is 13.0 Å². The summed E-state index contributed by atoms with van der Waals surface area (Å²) in [4.78, 5) is 21.2. The molecule has 0 aliphatic carbocycles. The van der Waals surface area contributed by atoms with Crippen molar-refractivity contribution < 1.29 is 9.53 Å². The van der Waals surface area contributed by atoms with Crippen LogP contribution in [0.4, 0.5) is 5.69 Å². The van der Waals surface area contributed by atoms with Crippen LogP contribution < -0.4 is 15.4 Å². The first-order valence-corrected chi connectivity index (χ1v) is 9.42. The number of rotatable bonds is 6. The molecule has 0 atom stereocenters. The van der Waals surface area contributed by atoms with Crippen LogP contribution in [0.3, 0.4) is 0 Å². The number of carbonyl (C=O) groups is 1. The largest absolute Gasteiger partial charge is 0.497 e. The second-order valence-electron chi connectivity index (χ2n) is 6.38. The second-order valence-corrected chi connectivity index (χ2v) is 6.38. The number of nitrogens with zero attached hydrogens (tertiary/aromatic N) is 2. The van der Waals surface area contributed by atoms with E-state index in [0.29, 0.717) is 23.8 Å². The predicted octanol–water partition coefficient (Wildman–Crippen LogP) is 4.05. The molecular formula is C23H24N4O2. The van der Waals surface area contributed by atoms with Gasteiger partial charge in [-0.15, -0.1) is 0 Å². The number of benzene rings is 2. The number of methoxy groups -OCH3 is 1. The Kier molecular flexibility index (Phi) is 6.95. The fourth-order valence-electron chi connectivity index (χ4n) is 2.65. The molecular weight excluding hydrogens is 364 g/mol. The van der Waals surface area contributed by atoms with Gasteiger partial charge in [0.15, 0.2) is 0 Å². The van der Waals surface area contributed by atoms with E-state index < -0.39 is 0 Å². The first-order chi connectivity index (χ1) is 14.2. The van der Waals surface area contributed by atoms with E-state index in [2.05, 4.69) is 27.5 Å². The molecule has 0 aliphatic heterocycles. The third kappa shape index (κ3) is 5.90. The molecule has 1 amide bonds. The average Bonchev–Trinajstić information content (AvgIpc) is 2.78. The maximum absolute atomic E-state index is 12.7. The van der Waals surface area contributed by atoms with Gasteiger partial charge in [-0.25, -0.2) is 4.99 Å². The number of hydrogen-bond donors (Lipinski definition) is 2. The summed E-state index contributed by atoms with van der Waals surface area (Å²) in [5, 5.41) is 6.06. The van der Waals surface area contributed by atoms with Crippen LogP contribution in [0.5, 0.6) is 5.75 Å². The van der Waals surface area contributed by atoms with E-state index in [1.165, 1.54) is 5.56 Å². The lowest BCUT2D eigenvalue weighted by molar-refractivity contribution is 0.0977. The monoisotopic (exact) mass is 388 g/mol. The van der Waals surface area contributed by atoms with Gasteiger partial charge >= 0.3 is 0 Å². The molecule has 6 heteroatoms. The molecule has 0 saturated carbocycles. The third-order valence-electron chi connectivity index (χ3n) is 4.38.